The van der Waals surface area contributed by atoms with Gasteiger partial charge in [-0.15, -0.1) is 0 Å². The zero-order chi connectivity index (χ0) is 20.4. The largest absolute Gasteiger partial charge is 0.493 e. The van der Waals surface area contributed by atoms with Crippen molar-refractivity contribution in [2.24, 2.45) is 5.92 Å². The van der Waals surface area contributed by atoms with E-state index >= 15 is 0 Å². The van der Waals surface area contributed by atoms with E-state index in [0.717, 1.165) is 23.4 Å². The summed E-state index contributed by atoms with van der Waals surface area (Å²) in [6.07, 6.45) is 1.62. The van der Waals surface area contributed by atoms with Gasteiger partial charge in [-0.05, 0) is 43.2 Å². The van der Waals surface area contributed by atoms with Crippen molar-refractivity contribution in [2.45, 2.75) is 30.2 Å². The molecule has 0 spiro atoms. The van der Waals surface area contributed by atoms with E-state index < -0.39 is 15.8 Å². The van der Waals surface area contributed by atoms with Crippen molar-refractivity contribution < 1.29 is 22.3 Å². The molecule has 1 N–H and O–H groups in total. The van der Waals surface area contributed by atoms with E-state index in [0.29, 0.717) is 25.9 Å². The quantitative estimate of drug-likeness (QED) is 0.829. The van der Waals surface area contributed by atoms with Crippen LogP contribution in [0.5, 0.6) is 5.75 Å². The maximum atomic E-state index is 13.1. The van der Waals surface area contributed by atoms with Crippen molar-refractivity contribution in [1.82, 2.24) is 9.62 Å². The van der Waals surface area contributed by atoms with Crippen LogP contribution < -0.4 is 10.1 Å². The number of benzene rings is 2. The molecular weight excluding hydrogens is 395 g/mol. The number of nitrogens with one attached hydrogen (secondary N) is 1. The molecule has 2 aromatic carbocycles. The van der Waals surface area contributed by atoms with E-state index in [9.17, 15) is 17.6 Å². The van der Waals surface area contributed by atoms with Crippen LogP contribution in [0.3, 0.4) is 0 Å². The van der Waals surface area contributed by atoms with Crippen LogP contribution >= 0.6 is 0 Å². The van der Waals surface area contributed by atoms with Gasteiger partial charge in [0.2, 0.25) is 15.9 Å². The summed E-state index contributed by atoms with van der Waals surface area (Å²) < 4.78 is 45.5. The highest BCUT2D eigenvalue weighted by molar-refractivity contribution is 7.89. The third-order valence-corrected chi connectivity index (χ3v) is 7.46. The Morgan fingerprint density at radius 3 is 2.45 bits per heavy atom. The Kier molecular flexibility index (Phi) is 5.56. The lowest BCUT2D eigenvalue weighted by molar-refractivity contribution is -0.127. The summed E-state index contributed by atoms with van der Waals surface area (Å²) in [5.41, 5.74) is 0.975. The minimum Gasteiger partial charge on any atom is -0.493 e. The highest BCUT2D eigenvalue weighted by Crippen LogP contribution is 2.32. The molecule has 1 fully saturated rings. The highest BCUT2D eigenvalue weighted by Gasteiger charge is 2.33. The van der Waals surface area contributed by atoms with E-state index in [1.54, 1.807) is 0 Å². The number of ether oxygens (including phenoxy) is 1. The van der Waals surface area contributed by atoms with Crippen LogP contribution in [-0.4, -0.2) is 38.3 Å². The molecule has 1 saturated heterocycles. The van der Waals surface area contributed by atoms with Crippen molar-refractivity contribution in [2.75, 3.05) is 19.7 Å². The van der Waals surface area contributed by atoms with Crippen molar-refractivity contribution in [3.63, 3.8) is 0 Å². The zero-order valence-corrected chi connectivity index (χ0v) is 16.7. The van der Waals surface area contributed by atoms with Gasteiger partial charge in [-0.25, -0.2) is 12.8 Å². The van der Waals surface area contributed by atoms with Crippen molar-refractivity contribution in [1.29, 1.82) is 0 Å². The maximum Gasteiger partial charge on any atom is 0.243 e. The molecular formula is C21H23FN2O4S. The standard InChI is InChI=1S/C21H23FN2O4S/c22-16-5-7-17(8-6-16)29(26,27)24-12-9-15(10-13-24)21(25)23-19-11-14-28-20-4-2-1-3-18(19)20/h1-8,15,19H,9-14H2,(H,23,25)/t19-/m1/s1. The Bertz CT molecular complexity index is 986. The average Bonchev–Trinajstić information content (AvgIpc) is 2.74. The summed E-state index contributed by atoms with van der Waals surface area (Å²) in [5.74, 6) is 0.0356. The van der Waals surface area contributed by atoms with Crippen molar-refractivity contribution >= 4 is 15.9 Å². The van der Waals surface area contributed by atoms with E-state index in [1.807, 2.05) is 24.3 Å². The number of halogens is 1. The molecule has 0 unspecified atom stereocenters. The zero-order valence-electron chi connectivity index (χ0n) is 15.9. The second kappa shape index (κ2) is 8.12. The van der Waals surface area contributed by atoms with E-state index in [1.165, 1.54) is 16.4 Å². The van der Waals surface area contributed by atoms with Gasteiger partial charge in [0.05, 0.1) is 17.5 Å². The fourth-order valence-corrected chi connectivity index (χ4v) is 5.37. The first-order chi connectivity index (χ1) is 13.9. The van der Waals surface area contributed by atoms with Crippen LogP contribution in [0.25, 0.3) is 0 Å². The minimum atomic E-state index is -3.68. The maximum absolute atomic E-state index is 13.1. The first-order valence-corrected chi connectivity index (χ1v) is 11.2. The number of hydrogen-bond acceptors (Lipinski definition) is 4. The summed E-state index contributed by atoms with van der Waals surface area (Å²) in [5, 5.41) is 3.11. The molecule has 0 aromatic heterocycles. The second-order valence-corrected chi connectivity index (χ2v) is 9.31. The van der Waals surface area contributed by atoms with Crippen molar-refractivity contribution in [3.8, 4) is 5.75 Å². The third-order valence-electron chi connectivity index (χ3n) is 5.55. The molecule has 4 rings (SSSR count). The third kappa shape index (κ3) is 4.13. The van der Waals surface area contributed by atoms with Crippen LogP contribution in [0.1, 0.15) is 30.9 Å². The predicted molar refractivity (Wildman–Crippen MR) is 105 cm³/mol. The summed E-state index contributed by atoms with van der Waals surface area (Å²) in [7, 11) is -3.68. The number of nitrogens with zero attached hydrogens (tertiary/aromatic N) is 1. The van der Waals surface area contributed by atoms with Gasteiger partial charge in [0.1, 0.15) is 11.6 Å². The Balaban J connectivity index is 1.37. The highest BCUT2D eigenvalue weighted by atomic mass is 32.2. The van der Waals surface area contributed by atoms with Gasteiger partial charge < -0.3 is 10.1 Å². The molecule has 2 aromatic rings. The van der Waals surface area contributed by atoms with Crippen molar-refractivity contribution in [3.05, 3.63) is 59.9 Å². The van der Waals surface area contributed by atoms with E-state index in [-0.39, 0.29) is 35.9 Å². The molecule has 2 heterocycles. The first kappa shape index (κ1) is 19.8. The molecule has 0 saturated carbocycles. The number of carbonyl (C=O) groups excluding carboxylic acids is 1. The number of carbonyl (C=O) groups is 1. The molecule has 1 amide bonds. The fraction of sp³-hybridized carbons (Fsp3) is 0.381. The molecule has 0 bridgehead atoms. The molecule has 6 nitrogen and oxygen atoms in total. The van der Waals surface area contributed by atoms with Crippen LogP contribution in [0, 0.1) is 11.7 Å². The molecule has 29 heavy (non-hydrogen) atoms. The molecule has 0 aliphatic carbocycles. The predicted octanol–water partition coefficient (Wildman–Crippen LogP) is 2.87. The molecule has 0 radical (unpaired) electrons. The number of para-hydroxylation sites is 1. The topological polar surface area (TPSA) is 75.7 Å². The summed E-state index contributed by atoms with van der Waals surface area (Å²) in [6, 6.07) is 12.4. The van der Waals surface area contributed by atoms with Gasteiger partial charge in [0, 0.05) is 31.0 Å². The lowest BCUT2D eigenvalue weighted by Crippen LogP contribution is -2.44. The van der Waals surface area contributed by atoms with E-state index in [4.69, 9.17) is 4.74 Å². The Morgan fingerprint density at radius 1 is 1.03 bits per heavy atom. The number of amides is 1. The van der Waals surface area contributed by atoms with Gasteiger partial charge >= 0.3 is 0 Å². The van der Waals surface area contributed by atoms with Crippen LogP contribution in [-0.2, 0) is 14.8 Å². The smallest absolute Gasteiger partial charge is 0.243 e. The summed E-state index contributed by atoms with van der Waals surface area (Å²) >= 11 is 0. The molecule has 1 atom stereocenters. The lowest BCUT2D eigenvalue weighted by Gasteiger charge is -2.32. The van der Waals surface area contributed by atoms with Gasteiger partial charge in [-0.2, -0.15) is 4.31 Å². The van der Waals surface area contributed by atoms with Gasteiger partial charge in [0.25, 0.3) is 0 Å². The minimum absolute atomic E-state index is 0.0504. The number of rotatable bonds is 4. The Labute approximate surface area is 169 Å². The van der Waals surface area contributed by atoms with E-state index in [2.05, 4.69) is 5.32 Å². The SMILES string of the molecule is O=C(N[C@@H]1CCOc2ccccc21)C1CCN(S(=O)(=O)c2ccc(F)cc2)CC1. The number of sulfonamides is 1. The monoisotopic (exact) mass is 418 g/mol. The van der Waals surface area contributed by atoms with Crippen LogP contribution in [0.4, 0.5) is 4.39 Å². The van der Waals surface area contributed by atoms with Gasteiger partial charge in [-0.3, -0.25) is 4.79 Å². The molecule has 154 valence electrons. The summed E-state index contributed by atoms with van der Waals surface area (Å²) in [6.45, 7) is 1.08. The normalized spacial score (nSPS) is 20.5. The second-order valence-electron chi connectivity index (χ2n) is 7.37. The number of fused-ring (bicyclic) bond motifs is 1. The molecule has 8 heteroatoms. The summed E-state index contributed by atoms with van der Waals surface area (Å²) in [4.78, 5) is 12.8. The Morgan fingerprint density at radius 2 is 1.72 bits per heavy atom. The fourth-order valence-electron chi connectivity index (χ4n) is 3.90. The first-order valence-electron chi connectivity index (χ1n) is 9.73. The molecule has 2 aliphatic rings. The van der Waals surface area contributed by atoms with Crippen LogP contribution in [0.15, 0.2) is 53.4 Å². The lowest BCUT2D eigenvalue weighted by atomic mass is 9.95. The number of piperidine rings is 1. The molecule has 2 aliphatic heterocycles. The van der Waals surface area contributed by atoms with Gasteiger partial charge in [-0.1, -0.05) is 18.2 Å². The Hall–Kier alpha value is -2.45. The van der Waals surface area contributed by atoms with Gasteiger partial charge in [0.15, 0.2) is 0 Å². The number of hydrogen-bond donors (Lipinski definition) is 1. The van der Waals surface area contributed by atoms with Crippen LogP contribution in [0.2, 0.25) is 0 Å². The average molecular weight is 418 g/mol.